The molecule has 1 aliphatic carbocycles. The van der Waals surface area contributed by atoms with Gasteiger partial charge in [-0.1, -0.05) is 18.2 Å². The summed E-state index contributed by atoms with van der Waals surface area (Å²) in [7, 11) is 1.58. The fourth-order valence-corrected chi connectivity index (χ4v) is 4.27. The van der Waals surface area contributed by atoms with Crippen molar-refractivity contribution in [1.29, 1.82) is 0 Å². The molecule has 1 saturated heterocycles. The Morgan fingerprint density at radius 2 is 2.00 bits per heavy atom. The van der Waals surface area contributed by atoms with E-state index in [0.29, 0.717) is 24.3 Å². The summed E-state index contributed by atoms with van der Waals surface area (Å²) in [5.74, 6) is -2.18. The number of carbonyl (C=O) groups excluding carboxylic acids is 2. The van der Waals surface area contributed by atoms with E-state index >= 15 is 0 Å². The average molecular weight is 387 g/mol. The van der Waals surface area contributed by atoms with E-state index in [-0.39, 0.29) is 19.1 Å². The highest BCUT2D eigenvalue weighted by molar-refractivity contribution is 5.98. The quantitative estimate of drug-likeness (QED) is 0.723. The summed E-state index contributed by atoms with van der Waals surface area (Å²) in [6, 6.07) is 7.31. The van der Waals surface area contributed by atoms with Crippen LogP contribution in [0.2, 0.25) is 0 Å². The van der Waals surface area contributed by atoms with Gasteiger partial charge in [-0.2, -0.15) is 0 Å². The Balaban J connectivity index is 2.00. The van der Waals surface area contributed by atoms with Crippen LogP contribution in [0.15, 0.2) is 36.0 Å². The zero-order valence-electron chi connectivity index (χ0n) is 16.1. The molecule has 1 amide bonds. The molecule has 3 rings (SSSR count). The molecule has 0 aromatic heterocycles. The molecule has 0 saturated carbocycles. The number of aliphatic carboxylic acids is 1. The number of benzene rings is 1. The summed E-state index contributed by atoms with van der Waals surface area (Å²) in [6.45, 7) is 2.16. The number of carboxylic acids is 1. The predicted molar refractivity (Wildman–Crippen MR) is 100 cm³/mol. The molecule has 0 unspecified atom stereocenters. The lowest BCUT2D eigenvalue weighted by Crippen LogP contribution is -2.41. The summed E-state index contributed by atoms with van der Waals surface area (Å²) < 4.78 is 10.5. The highest BCUT2D eigenvalue weighted by atomic mass is 16.5. The van der Waals surface area contributed by atoms with Gasteiger partial charge in [-0.05, 0) is 43.9 Å². The summed E-state index contributed by atoms with van der Waals surface area (Å²) in [4.78, 5) is 39.2. The summed E-state index contributed by atoms with van der Waals surface area (Å²) in [5.41, 5.74) is 0.245. The van der Waals surface area contributed by atoms with Gasteiger partial charge in [0.05, 0.1) is 32.6 Å². The van der Waals surface area contributed by atoms with E-state index < -0.39 is 29.7 Å². The van der Waals surface area contributed by atoms with Crippen molar-refractivity contribution in [1.82, 2.24) is 4.90 Å². The molecule has 1 aromatic carbocycles. The number of carboxylic acid groups (broad SMARTS) is 1. The Morgan fingerprint density at radius 3 is 2.61 bits per heavy atom. The van der Waals surface area contributed by atoms with Crippen LogP contribution in [0, 0.1) is 11.3 Å². The molecule has 0 bridgehead atoms. The number of methoxy groups -OCH3 is 1. The number of hydrogen-bond donors (Lipinski definition) is 1. The summed E-state index contributed by atoms with van der Waals surface area (Å²) >= 11 is 0. The third kappa shape index (κ3) is 3.37. The number of hydrogen-bond acceptors (Lipinski definition) is 5. The lowest BCUT2D eigenvalue weighted by Gasteiger charge is -2.35. The zero-order valence-corrected chi connectivity index (χ0v) is 16.1. The third-order valence-electron chi connectivity index (χ3n) is 5.54. The van der Waals surface area contributed by atoms with Crippen LogP contribution in [0.4, 0.5) is 0 Å². The number of nitrogens with zero attached hydrogens (tertiary/aromatic N) is 1. The molecular weight excluding hydrogens is 362 g/mol. The van der Waals surface area contributed by atoms with Gasteiger partial charge in [0.1, 0.15) is 11.2 Å². The SMILES string of the molecule is CCOC(=O)[C@]12CCCC=C1N(Cc1ccc(OC)cc1)C(=O)[C@@H]2CC(=O)O. The average Bonchev–Trinajstić information content (AvgIpc) is 2.92. The lowest BCUT2D eigenvalue weighted by molar-refractivity contribution is -0.159. The first kappa shape index (κ1) is 19.9. The number of amides is 1. The van der Waals surface area contributed by atoms with E-state index in [1.807, 2.05) is 18.2 Å². The fourth-order valence-electron chi connectivity index (χ4n) is 4.27. The van der Waals surface area contributed by atoms with E-state index in [2.05, 4.69) is 0 Å². The van der Waals surface area contributed by atoms with Crippen molar-refractivity contribution >= 4 is 17.8 Å². The van der Waals surface area contributed by atoms with Gasteiger partial charge in [0.25, 0.3) is 0 Å². The molecule has 150 valence electrons. The van der Waals surface area contributed by atoms with Gasteiger partial charge in [-0.25, -0.2) is 0 Å². The van der Waals surface area contributed by atoms with Gasteiger partial charge in [-0.3, -0.25) is 14.4 Å². The highest BCUT2D eigenvalue weighted by Gasteiger charge is 2.62. The molecular formula is C21H25NO6. The molecule has 7 heteroatoms. The van der Waals surface area contributed by atoms with Crippen molar-refractivity contribution in [3.8, 4) is 5.75 Å². The second-order valence-corrected chi connectivity index (χ2v) is 7.10. The zero-order chi connectivity index (χ0) is 20.3. The van der Waals surface area contributed by atoms with Crippen molar-refractivity contribution in [2.75, 3.05) is 13.7 Å². The Bertz CT molecular complexity index is 800. The monoisotopic (exact) mass is 387 g/mol. The second kappa shape index (κ2) is 8.04. The molecule has 1 heterocycles. The molecule has 0 radical (unpaired) electrons. The minimum Gasteiger partial charge on any atom is -0.497 e. The van der Waals surface area contributed by atoms with E-state index in [0.717, 1.165) is 12.0 Å². The van der Waals surface area contributed by atoms with Crippen LogP contribution >= 0.6 is 0 Å². The van der Waals surface area contributed by atoms with Crippen molar-refractivity contribution in [2.24, 2.45) is 11.3 Å². The van der Waals surface area contributed by atoms with E-state index in [1.54, 1.807) is 31.1 Å². The van der Waals surface area contributed by atoms with Gasteiger partial charge in [-0.15, -0.1) is 0 Å². The van der Waals surface area contributed by atoms with Gasteiger partial charge in [0, 0.05) is 5.70 Å². The van der Waals surface area contributed by atoms with Crippen LogP contribution in [0.1, 0.15) is 38.2 Å². The van der Waals surface area contributed by atoms with Crippen LogP contribution < -0.4 is 4.74 Å². The topological polar surface area (TPSA) is 93.1 Å². The number of rotatable bonds is 7. The predicted octanol–water partition coefficient (Wildman–Crippen LogP) is 2.75. The number of fused-ring (bicyclic) bond motifs is 1. The van der Waals surface area contributed by atoms with Crippen LogP contribution in [0.3, 0.4) is 0 Å². The van der Waals surface area contributed by atoms with Gasteiger partial charge >= 0.3 is 11.9 Å². The third-order valence-corrected chi connectivity index (χ3v) is 5.54. The normalized spacial score (nSPS) is 23.8. The number of esters is 1. The Labute approximate surface area is 163 Å². The molecule has 1 N–H and O–H groups in total. The first-order valence-corrected chi connectivity index (χ1v) is 9.48. The van der Waals surface area contributed by atoms with Crippen LogP contribution in [0.25, 0.3) is 0 Å². The number of allylic oxidation sites excluding steroid dienone is 1. The molecule has 2 atom stereocenters. The van der Waals surface area contributed by atoms with Crippen molar-refractivity contribution in [3.05, 3.63) is 41.6 Å². The molecule has 0 spiro atoms. The summed E-state index contributed by atoms with van der Waals surface area (Å²) in [6.07, 6.45) is 3.36. The number of likely N-dealkylation sites (tertiary alicyclic amines) is 1. The van der Waals surface area contributed by atoms with Crippen LogP contribution in [-0.2, 0) is 25.7 Å². The minimum atomic E-state index is -1.21. The van der Waals surface area contributed by atoms with E-state index in [1.165, 1.54) is 0 Å². The first-order valence-electron chi connectivity index (χ1n) is 9.48. The standard InChI is InChI=1S/C21H25NO6/c1-3-28-20(26)21-11-5-4-6-17(21)22(19(25)16(21)12-18(23)24)13-14-7-9-15(27-2)10-8-14/h6-10,16H,3-5,11-13H2,1-2H3,(H,23,24)/t16-,21-/m0/s1. The lowest BCUT2D eigenvalue weighted by atomic mass is 9.68. The van der Waals surface area contributed by atoms with E-state index in [9.17, 15) is 19.5 Å². The van der Waals surface area contributed by atoms with Crippen molar-refractivity contribution in [3.63, 3.8) is 0 Å². The minimum absolute atomic E-state index is 0.181. The van der Waals surface area contributed by atoms with Gasteiger partial charge < -0.3 is 19.5 Å². The van der Waals surface area contributed by atoms with Crippen LogP contribution in [0.5, 0.6) is 5.75 Å². The summed E-state index contributed by atoms with van der Waals surface area (Å²) in [5, 5.41) is 9.39. The van der Waals surface area contributed by atoms with E-state index in [4.69, 9.17) is 9.47 Å². The molecule has 28 heavy (non-hydrogen) atoms. The molecule has 7 nitrogen and oxygen atoms in total. The first-order chi connectivity index (χ1) is 13.4. The Hall–Kier alpha value is -2.83. The second-order valence-electron chi connectivity index (χ2n) is 7.10. The fraction of sp³-hybridized carbons (Fsp3) is 0.476. The number of carbonyl (C=O) groups is 3. The molecule has 1 aliphatic heterocycles. The Morgan fingerprint density at radius 1 is 1.29 bits per heavy atom. The van der Waals surface area contributed by atoms with Gasteiger partial charge in [0.15, 0.2) is 0 Å². The highest BCUT2D eigenvalue weighted by Crippen LogP contribution is 2.54. The van der Waals surface area contributed by atoms with Crippen molar-refractivity contribution < 1.29 is 29.0 Å². The maximum Gasteiger partial charge on any atom is 0.318 e. The molecule has 2 aliphatic rings. The molecule has 1 aromatic rings. The number of ether oxygens (including phenoxy) is 2. The maximum absolute atomic E-state index is 13.2. The van der Waals surface area contributed by atoms with Crippen molar-refractivity contribution in [2.45, 2.75) is 39.2 Å². The largest absolute Gasteiger partial charge is 0.497 e. The maximum atomic E-state index is 13.2. The Kier molecular flexibility index (Phi) is 5.72. The molecule has 1 fully saturated rings. The van der Waals surface area contributed by atoms with Gasteiger partial charge in [0.2, 0.25) is 5.91 Å². The smallest absolute Gasteiger partial charge is 0.318 e. The van der Waals surface area contributed by atoms with Crippen LogP contribution in [-0.4, -0.2) is 41.6 Å².